The van der Waals surface area contributed by atoms with Crippen molar-refractivity contribution in [1.29, 1.82) is 5.26 Å². The van der Waals surface area contributed by atoms with Crippen molar-refractivity contribution in [2.75, 3.05) is 7.11 Å². The topological polar surface area (TPSA) is 146 Å². The number of rotatable bonds is 4. The number of carbonyl (C=O) groups excluding carboxylic acids is 1. The van der Waals surface area contributed by atoms with Crippen LogP contribution in [0.5, 0.6) is 5.88 Å². The Labute approximate surface area is 204 Å². The first kappa shape index (κ1) is 24.2. The number of nitrogens with zero attached hydrogens (tertiary/aromatic N) is 2. The van der Waals surface area contributed by atoms with Crippen LogP contribution in [0.1, 0.15) is 54.6 Å². The molecule has 1 unspecified atom stereocenters. The molecular weight excluding hydrogens is 446 g/mol. The predicted molar refractivity (Wildman–Crippen MR) is 128 cm³/mol. The van der Waals surface area contributed by atoms with Crippen molar-refractivity contribution in [2.45, 2.75) is 51.7 Å². The minimum Gasteiger partial charge on any atom is -0.453 e. The van der Waals surface area contributed by atoms with Crippen LogP contribution in [0.2, 0.25) is 0 Å². The molecule has 1 aliphatic carbocycles. The summed E-state index contributed by atoms with van der Waals surface area (Å²) in [4.78, 5) is 11.4. The van der Waals surface area contributed by atoms with Crippen molar-refractivity contribution in [3.05, 3.63) is 57.6 Å². The summed E-state index contributed by atoms with van der Waals surface area (Å²) in [7, 11) is 1.34. The van der Waals surface area contributed by atoms with Crippen molar-refractivity contribution >= 4 is 6.09 Å². The molecule has 0 radical (unpaired) electrons. The van der Waals surface area contributed by atoms with E-state index in [2.05, 4.69) is 38.2 Å². The predicted octanol–water partition coefficient (Wildman–Crippen LogP) is 2.72. The molecule has 1 amide bonds. The number of carbonyl (C=O) groups is 1. The van der Waals surface area contributed by atoms with E-state index >= 15 is 0 Å². The van der Waals surface area contributed by atoms with Gasteiger partial charge in [-0.15, -0.1) is 0 Å². The lowest BCUT2D eigenvalue weighted by atomic mass is 9.61. The first-order chi connectivity index (χ1) is 16.7. The Bertz CT molecular complexity index is 1290. The number of nitriles is 1. The zero-order chi connectivity index (χ0) is 25.3. The number of ether oxygens (including phenoxy) is 2. The summed E-state index contributed by atoms with van der Waals surface area (Å²) in [6.07, 6.45) is 1.06. The molecule has 0 bridgehead atoms. The van der Waals surface area contributed by atoms with Gasteiger partial charge in [-0.1, -0.05) is 31.8 Å². The molecule has 0 saturated heterocycles. The van der Waals surface area contributed by atoms with Crippen molar-refractivity contribution in [2.24, 2.45) is 17.6 Å². The third kappa shape index (κ3) is 4.09. The second-order valence-corrected chi connectivity index (χ2v) is 9.28. The van der Waals surface area contributed by atoms with Gasteiger partial charge in [0.25, 0.3) is 0 Å². The van der Waals surface area contributed by atoms with Gasteiger partial charge in [0.2, 0.25) is 11.8 Å². The molecule has 9 heteroatoms. The molecule has 1 aliphatic heterocycles. The molecule has 1 aromatic carbocycles. The van der Waals surface area contributed by atoms with Gasteiger partial charge in [0, 0.05) is 17.5 Å². The molecule has 9 nitrogen and oxygen atoms in total. The molecule has 4 rings (SSSR count). The van der Waals surface area contributed by atoms with E-state index in [1.54, 1.807) is 0 Å². The fourth-order valence-corrected chi connectivity index (χ4v) is 5.12. The summed E-state index contributed by atoms with van der Waals surface area (Å²) in [5.74, 6) is 6.99. The average molecular weight is 476 g/mol. The van der Waals surface area contributed by atoms with E-state index in [-0.39, 0.29) is 30.4 Å². The fraction of sp³-hybridized carbons (Fsp3) is 0.423. The molecule has 182 valence electrons. The van der Waals surface area contributed by atoms with Gasteiger partial charge < -0.3 is 25.6 Å². The molecule has 1 saturated carbocycles. The molecule has 0 spiro atoms. The molecule has 2 aliphatic rings. The number of methoxy groups -OCH3 is 1. The monoisotopic (exact) mass is 475 g/mol. The number of aromatic nitrogens is 2. The van der Waals surface area contributed by atoms with Crippen LogP contribution in [0.15, 0.2) is 29.7 Å². The molecule has 1 fully saturated rings. The molecule has 1 atom stereocenters. The van der Waals surface area contributed by atoms with E-state index in [9.17, 15) is 15.2 Å². The van der Waals surface area contributed by atoms with Crippen LogP contribution >= 0.6 is 0 Å². The number of aliphatic hydroxyl groups excluding tert-OH is 1. The van der Waals surface area contributed by atoms with E-state index in [1.807, 2.05) is 39.0 Å². The van der Waals surface area contributed by atoms with Gasteiger partial charge in [-0.25, -0.2) is 9.89 Å². The highest BCUT2D eigenvalue weighted by Gasteiger charge is 2.50. The lowest BCUT2D eigenvalue weighted by molar-refractivity contribution is 0.155. The van der Waals surface area contributed by atoms with Crippen molar-refractivity contribution in [1.82, 2.24) is 15.5 Å². The van der Waals surface area contributed by atoms with Crippen LogP contribution in [-0.2, 0) is 16.8 Å². The highest BCUT2D eigenvalue weighted by Crippen LogP contribution is 2.52. The minimum absolute atomic E-state index is 0.0259. The summed E-state index contributed by atoms with van der Waals surface area (Å²) in [6, 6.07) is 8.01. The molecule has 2 aromatic rings. The van der Waals surface area contributed by atoms with Crippen LogP contribution < -0.4 is 15.8 Å². The average Bonchev–Trinajstić information content (AvgIpc) is 3.18. The third-order valence-corrected chi connectivity index (χ3v) is 6.84. The standard InChI is InChI=1S/C26H29N5O4/c1-14(2)26(21(12-27)23(28)35-24-22(26)15(3)30-31-24)19-8-16(7-18(9-19)13-32)5-6-17-10-20(11-17)29-25(33)34-4/h7-9,14,17,20,32H,10-11,13,28H2,1-4H3,(H,29,33)(H,30,31)/t17-,20+,26?. The number of allylic oxidation sites excluding steroid dienone is 1. The number of aryl methyl sites for hydroxylation is 1. The number of nitrogens with two attached hydrogens (primary N) is 1. The molecule has 5 N–H and O–H groups in total. The minimum atomic E-state index is -0.933. The van der Waals surface area contributed by atoms with E-state index in [4.69, 9.17) is 10.5 Å². The Morgan fingerprint density at radius 2 is 2.17 bits per heavy atom. The summed E-state index contributed by atoms with van der Waals surface area (Å²) in [5.41, 5.74) is 9.24. The molecular formula is C26H29N5O4. The number of amides is 1. The third-order valence-electron chi connectivity index (χ3n) is 6.84. The lowest BCUT2D eigenvalue weighted by Gasteiger charge is -2.41. The number of aliphatic hydroxyl groups is 1. The molecule has 35 heavy (non-hydrogen) atoms. The fourth-order valence-electron chi connectivity index (χ4n) is 5.12. The molecule has 1 aromatic heterocycles. The Morgan fingerprint density at radius 3 is 2.80 bits per heavy atom. The second-order valence-electron chi connectivity index (χ2n) is 9.28. The number of aromatic amines is 1. The zero-order valence-corrected chi connectivity index (χ0v) is 20.2. The smallest absolute Gasteiger partial charge is 0.407 e. The van der Waals surface area contributed by atoms with Crippen LogP contribution in [0.4, 0.5) is 4.79 Å². The number of H-pyrrole nitrogens is 1. The number of nitrogens with one attached hydrogen (secondary N) is 2. The quantitative estimate of drug-likeness (QED) is 0.497. The van der Waals surface area contributed by atoms with Gasteiger partial charge in [-0.05, 0) is 48.9 Å². The van der Waals surface area contributed by atoms with Crippen LogP contribution in [-0.4, -0.2) is 34.5 Å². The van der Waals surface area contributed by atoms with Gasteiger partial charge >= 0.3 is 6.09 Å². The number of fused-ring (bicyclic) bond motifs is 1. The normalized spacial score (nSPS) is 22.8. The first-order valence-electron chi connectivity index (χ1n) is 11.5. The molecule has 2 heterocycles. The van der Waals surface area contributed by atoms with Crippen molar-refractivity contribution < 1.29 is 19.4 Å². The van der Waals surface area contributed by atoms with Gasteiger partial charge in [0.15, 0.2) is 0 Å². The highest BCUT2D eigenvalue weighted by atomic mass is 16.5. The Morgan fingerprint density at radius 1 is 1.43 bits per heavy atom. The zero-order valence-electron chi connectivity index (χ0n) is 20.2. The summed E-state index contributed by atoms with van der Waals surface area (Å²) >= 11 is 0. The second kappa shape index (κ2) is 9.36. The Balaban J connectivity index is 1.78. The maximum absolute atomic E-state index is 11.4. The van der Waals surface area contributed by atoms with E-state index in [0.717, 1.165) is 29.5 Å². The van der Waals surface area contributed by atoms with Crippen LogP contribution in [0.25, 0.3) is 0 Å². The number of alkyl carbamates (subject to hydrolysis) is 1. The summed E-state index contributed by atoms with van der Waals surface area (Å²) in [5, 5.41) is 30.2. The van der Waals surface area contributed by atoms with Crippen LogP contribution in [0.3, 0.4) is 0 Å². The first-order valence-corrected chi connectivity index (χ1v) is 11.5. The van der Waals surface area contributed by atoms with E-state index in [0.29, 0.717) is 22.7 Å². The SMILES string of the molecule is COC(=O)N[C@H]1C[C@@H](C#Cc2cc(CO)cc(C3(C(C)C)C(C#N)=C(N)Oc4[nH]nc(C)c43)c2)C1. The van der Waals surface area contributed by atoms with Crippen molar-refractivity contribution in [3.63, 3.8) is 0 Å². The summed E-state index contributed by atoms with van der Waals surface area (Å²) < 4.78 is 10.4. The highest BCUT2D eigenvalue weighted by molar-refractivity contribution is 5.67. The summed E-state index contributed by atoms with van der Waals surface area (Å²) in [6.45, 7) is 5.72. The maximum Gasteiger partial charge on any atom is 0.407 e. The number of hydrogen-bond acceptors (Lipinski definition) is 7. The van der Waals surface area contributed by atoms with Gasteiger partial charge in [0.1, 0.15) is 11.6 Å². The Hall–Kier alpha value is -3.95. The number of benzene rings is 1. The van der Waals surface area contributed by atoms with Gasteiger partial charge in [-0.2, -0.15) is 10.4 Å². The van der Waals surface area contributed by atoms with Gasteiger partial charge in [-0.3, -0.25) is 0 Å². The van der Waals surface area contributed by atoms with Crippen molar-refractivity contribution in [3.8, 4) is 23.8 Å². The largest absolute Gasteiger partial charge is 0.453 e. The Kier molecular flexibility index (Phi) is 6.47. The number of hydrogen-bond donors (Lipinski definition) is 4. The van der Waals surface area contributed by atoms with E-state index < -0.39 is 11.5 Å². The van der Waals surface area contributed by atoms with Gasteiger partial charge in [0.05, 0.1) is 30.4 Å². The maximum atomic E-state index is 11.4. The van der Waals surface area contributed by atoms with E-state index in [1.165, 1.54) is 7.11 Å². The lowest BCUT2D eigenvalue weighted by Crippen LogP contribution is -2.43. The van der Waals surface area contributed by atoms with Crippen LogP contribution in [0, 0.1) is 41.9 Å².